The van der Waals surface area contributed by atoms with Crippen LogP contribution in [0.4, 0.5) is 11.4 Å². The maximum Gasteiger partial charge on any atom is 0.259 e. The van der Waals surface area contributed by atoms with Crippen molar-refractivity contribution in [2.45, 2.75) is 27.7 Å². The Balaban J connectivity index is 1.65. The molecule has 7 nitrogen and oxygen atoms in total. The lowest BCUT2D eigenvalue weighted by atomic mass is 10.0. The molecule has 0 aliphatic rings. The number of hydrogen-bond donors (Lipinski definition) is 2. The van der Waals surface area contributed by atoms with Gasteiger partial charge in [-0.3, -0.25) is 9.59 Å². The lowest BCUT2D eigenvalue weighted by Gasteiger charge is -2.10. The molecular weight excluding hydrogens is 390 g/mol. The fourth-order valence-electron chi connectivity index (χ4n) is 3.60. The number of nitrogens with zero attached hydrogens (tertiary/aromatic N) is 3. The van der Waals surface area contributed by atoms with Crippen molar-refractivity contribution in [1.82, 2.24) is 14.6 Å². The third-order valence-corrected chi connectivity index (χ3v) is 5.07. The van der Waals surface area contributed by atoms with E-state index < -0.39 is 0 Å². The van der Waals surface area contributed by atoms with Crippen LogP contribution in [-0.2, 0) is 4.79 Å². The highest BCUT2D eigenvalue weighted by molar-refractivity contribution is 6.05. The van der Waals surface area contributed by atoms with Gasteiger partial charge in [-0.1, -0.05) is 29.8 Å². The molecule has 2 N–H and O–H groups in total. The number of anilines is 2. The molecule has 4 aromatic rings. The van der Waals surface area contributed by atoms with Crippen LogP contribution in [0.25, 0.3) is 16.8 Å². The first-order valence-corrected chi connectivity index (χ1v) is 9.94. The number of carbonyl (C=O) groups excluding carboxylic acids is 2. The highest BCUT2D eigenvalue weighted by Gasteiger charge is 2.19. The first-order chi connectivity index (χ1) is 14.8. The highest BCUT2D eigenvalue weighted by atomic mass is 16.2. The third-order valence-electron chi connectivity index (χ3n) is 5.07. The van der Waals surface area contributed by atoms with Gasteiger partial charge in [0.05, 0.1) is 17.0 Å². The van der Waals surface area contributed by atoms with Crippen LogP contribution in [-0.4, -0.2) is 26.4 Å². The molecule has 2 aromatic carbocycles. The SMILES string of the molecule is CC(=O)Nc1ccc(NC(=O)c2cnc3c(-c4cccc(C)c4)c(C)nn3c2C)cc1. The summed E-state index contributed by atoms with van der Waals surface area (Å²) in [4.78, 5) is 28.6. The Morgan fingerprint density at radius 3 is 2.26 bits per heavy atom. The van der Waals surface area contributed by atoms with Gasteiger partial charge in [-0.05, 0) is 50.6 Å². The van der Waals surface area contributed by atoms with Crippen LogP contribution >= 0.6 is 0 Å². The molecule has 0 spiro atoms. The van der Waals surface area contributed by atoms with E-state index >= 15 is 0 Å². The smallest absolute Gasteiger partial charge is 0.259 e. The Hall–Kier alpha value is -4.00. The van der Waals surface area contributed by atoms with E-state index in [-0.39, 0.29) is 11.8 Å². The molecule has 0 fully saturated rings. The molecule has 156 valence electrons. The second-order valence-electron chi connectivity index (χ2n) is 7.54. The largest absolute Gasteiger partial charge is 0.326 e. The second-order valence-corrected chi connectivity index (χ2v) is 7.54. The summed E-state index contributed by atoms with van der Waals surface area (Å²) in [6, 6.07) is 15.1. The summed E-state index contributed by atoms with van der Waals surface area (Å²) in [5, 5.41) is 10.2. The molecule has 0 aliphatic carbocycles. The molecule has 2 heterocycles. The Bertz CT molecular complexity index is 1310. The minimum Gasteiger partial charge on any atom is -0.326 e. The summed E-state index contributed by atoms with van der Waals surface area (Å²) in [7, 11) is 0. The van der Waals surface area contributed by atoms with Gasteiger partial charge < -0.3 is 10.6 Å². The quantitative estimate of drug-likeness (QED) is 0.514. The van der Waals surface area contributed by atoms with Crippen molar-refractivity contribution < 1.29 is 9.59 Å². The summed E-state index contributed by atoms with van der Waals surface area (Å²) >= 11 is 0. The van der Waals surface area contributed by atoms with Crippen molar-refractivity contribution in [3.63, 3.8) is 0 Å². The van der Waals surface area contributed by atoms with Crippen molar-refractivity contribution in [3.05, 3.63) is 77.2 Å². The number of benzene rings is 2. The van der Waals surface area contributed by atoms with Crippen molar-refractivity contribution in [2.24, 2.45) is 0 Å². The van der Waals surface area contributed by atoms with Gasteiger partial charge in [-0.15, -0.1) is 0 Å². The summed E-state index contributed by atoms with van der Waals surface area (Å²) in [5.74, 6) is -0.421. The zero-order valence-electron chi connectivity index (χ0n) is 17.9. The number of aromatic nitrogens is 3. The molecule has 0 radical (unpaired) electrons. The maximum atomic E-state index is 12.9. The molecule has 0 bridgehead atoms. The Morgan fingerprint density at radius 1 is 0.935 bits per heavy atom. The van der Waals surface area contributed by atoms with Gasteiger partial charge in [0.2, 0.25) is 5.91 Å². The number of carbonyl (C=O) groups is 2. The maximum absolute atomic E-state index is 12.9. The second kappa shape index (κ2) is 8.02. The van der Waals surface area contributed by atoms with Crippen LogP contribution < -0.4 is 10.6 Å². The summed E-state index contributed by atoms with van der Waals surface area (Å²) in [6.07, 6.45) is 1.59. The van der Waals surface area contributed by atoms with Crippen molar-refractivity contribution >= 4 is 28.8 Å². The third kappa shape index (κ3) is 4.02. The Morgan fingerprint density at radius 2 is 1.61 bits per heavy atom. The van der Waals surface area contributed by atoms with Crippen LogP contribution in [0, 0.1) is 20.8 Å². The molecule has 7 heteroatoms. The number of rotatable bonds is 4. The lowest BCUT2D eigenvalue weighted by molar-refractivity contribution is -0.114. The molecule has 0 saturated heterocycles. The summed E-state index contributed by atoms with van der Waals surface area (Å²) in [5.41, 5.74) is 7.19. The first-order valence-electron chi connectivity index (χ1n) is 9.94. The van der Waals surface area contributed by atoms with Crippen LogP contribution in [0.5, 0.6) is 0 Å². The summed E-state index contributed by atoms with van der Waals surface area (Å²) in [6.45, 7) is 7.30. The minimum absolute atomic E-state index is 0.147. The fourth-order valence-corrected chi connectivity index (χ4v) is 3.60. The molecule has 31 heavy (non-hydrogen) atoms. The van der Waals surface area contributed by atoms with Gasteiger partial charge in [0.25, 0.3) is 5.91 Å². The monoisotopic (exact) mass is 413 g/mol. The van der Waals surface area contributed by atoms with Crippen molar-refractivity contribution in [1.29, 1.82) is 0 Å². The number of hydrogen-bond acceptors (Lipinski definition) is 4. The van der Waals surface area contributed by atoms with Crippen LogP contribution in [0.3, 0.4) is 0 Å². The number of fused-ring (bicyclic) bond motifs is 1. The predicted octanol–water partition coefficient (Wildman–Crippen LogP) is 4.53. The zero-order chi connectivity index (χ0) is 22.1. The van der Waals surface area contributed by atoms with Gasteiger partial charge in [-0.25, -0.2) is 9.50 Å². The van der Waals surface area contributed by atoms with E-state index in [1.807, 2.05) is 39.0 Å². The topological polar surface area (TPSA) is 88.4 Å². The molecule has 2 aromatic heterocycles. The molecule has 0 aliphatic heterocycles. The van der Waals surface area contributed by atoms with Crippen LogP contribution in [0.2, 0.25) is 0 Å². The van der Waals surface area contributed by atoms with Gasteiger partial charge in [0.1, 0.15) is 0 Å². The van der Waals surface area contributed by atoms with E-state index in [9.17, 15) is 9.59 Å². The standard InChI is InChI=1S/C24H23N5O2/c1-14-6-5-7-18(12-14)22-15(2)28-29-16(3)21(13-25-23(22)29)24(31)27-20-10-8-19(9-11-20)26-17(4)30/h5-13H,1-4H3,(H,26,30)(H,27,31). The van der Waals surface area contributed by atoms with Gasteiger partial charge in [0.15, 0.2) is 5.65 Å². The van der Waals surface area contributed by atoms with Crippen molar-refractivity contribution in [3.8, 4) is 11.1 Å². The minimum atomic E-state index is -0.274. The first kappa shape index (κ1) is 20.3. The van der Waals surface area contributed by atoms with Crippen molar-refractivity contribution in [2.75, 3.05) is 10.6 Å². The Labute approximate surface area is 180 Å². The molecule has 0 saturated carbocycles. The van der Waals surface area contributed by atoms with Gasteiger partial charge in [0, 0.05) is 30.1 Å². The van der Waals surface area contributed by atoms with Gasteiger partial charge >= 0.3 is 0 Å². The molecule has 0 atom stereocenters. The highest BCUT2D eigenvalue weighted by Crippen LogP contribution is 2.29. The predicted molar refractivity (Wildman–Crippen MR) is 121 cm³/mol. The van der Waals surface area contributed by atoms with E-state index in [0.717, 1.165) is 28.0 Å². The number of amides is 2. The Kier molecular flexibility index (Phi) is 5.25. The fraction of sp³-hybridized carbons (Fsp3) is 0.167. The number of aryl methyl sites for hydroxylation is 3. The molecular formula is C24H23N5O2. The van der Waals surface area contributed by atoms with Gasteiger partial charge in [-0.2, -0.15) is 5.10 Å². The van der Waals surface area contributed by atoms with E-state index in [1.165, 1.54) is 6.92 Å². The average Bonchev–Trinajstić information content (AvgIpc) is 3.06. The van der Waals surface area contributed by atoms with E-state index in [1.54, 1.807) is 35.0 Å². The van der Waals surface area contributed by atoms with Crippen LogP contribution in [0.15, 0.2) is 54.7 Å². The molecule has 4 rings (SSSR count). The lowest BCUT2D eigenvalue weighted by Crippen LogP contribution is -2.16. The molecule has 0 unspecified atom stereocenters. The normalized spacial score (nSPS) is 10.8. The van der Waals surface area contributed by atoms with E-state index in [4.69, 9.17) is 0 Å². The molecule has 2 amide bonds. The number of nitrogens with one attached hydrogen (secondary N) is 2. The van der Waals surface area contributed by atoms with Crippen LogP contribution in [0.1, 0.15) is 34.2 Å². The van der Waals surface area contributed by atoms with E-state index in [0.29, 0.717) is 22.6 Å². The zero-order valence-corrected chi connectivity index (χ0v) is 17.9. The summed E-state index contributed by atoms with van der Waals surface area (Å²) < 4.78 is 1.72. The average molecular weight is 413 g/mol. The van der Waals surface area contributed by atoms with E-state index in [2.05, 4.69) is 26.8 Å².